The number of thioether (sulfide) groups is 1. The Balaban J connectivity index is 1.61. The van der Waals surface area contributed by atoms with E-state index in [0.717, 1.165) is 34.8 Å². The summed E-state index contributed by atoms with van der Waals surface area (Å²) in [6, 6.07) is 5.42. The Morgan fingerprint density at radius 2 is 1.65 bits per heavy atom. The van der Waals surface area contributed by atoms with Crippen LogP contribution < -0.4 is 10.6 Å². The van der Waals surface area contributed by atoms with Crippen molar-refractivity contribution in [2.75, 3.05) is 12.3 Å². The Kier molecular flexibility index (Phi) is 15.8. The predicted molar refractivity (Wildman–Crippen MR) is 216 cm³/mol. The van der Waals surface area contributed by atoms with Crippen molar-refractivity contribution in [3.05, 3.63) is 35.4 Å². The van der Waals surface area contributed by atoms with Gasteiger partial charge in [0, 0.05) is 31.1 Å². The number of Topliss-reactive ketones (excluding diaryl/α,β-unsaturated/α-hetero) is 1. The third-order valence-electron chi connectivity index (χ3n) is 11.5. The fourth-order valence-corrected chi connectivity index (χ4v) is 9.09. The molecule has 1 aromatic carbocycles. The first-order valence-corrected chi connectivity index (χ1v) is 21.3. The summed E-state index contributed by atoms with van der Waals surface area (Å²) in [5.41, 5.74) is 1.74. The van der Waals surface area contributed by atoms with Crippen LogP contribution in [0.5, 0.6) is 0 Å². The summed E-state index contributed by atoms with van der Waals surface area (Å²) in [7, 11) is 0. The molecule has 1 fully saturated rings. The van der Waals surface area contributed by atoms with Crippen molar-refractivity contribution < 1.29 is 28.7 Å². The predicted octanol–water partition coefficient (Wildman–Crippen LogP) is 6.85. The van der Waals surface area contributed by atoms with Crippen molar-refractivity contribution in [2.45, 2.75) is 157 Å². The van der Waals surface area contributed by atoms with Gasteiger partial charge in [-0.2, -0.15) is 0 Å². The van der Waals surface area contributed by atoms with Gasteiger partial charge in [0.05, 0.1) is 11.1 Å². The number of esters is 1. The molecular formula is C43H66N4O6S. The Morgan fingerprint density at radius 1 is 0.944 bits per heavy atom. The number of ether oxygens (including phenoxy) is 1. The van der Waals surface area contributed by atoms with Crippen molar-refractivity contribution in [1.82, 2.24) is 15.5 Å². The largest absolute Gasteiger partial charge is 0.460 e. The third kappa shape index (κ3) is 12.4. The summed E-state index contributed by atoms with van der Waals surface area (Å²) < 4.78 is 6.30. The molecule has 0 unspecified atom stereocenters. The average molecular weight is 767 g/mol. The number of nitrogens with one attached hydrogen (secondary N) is 2. The van der Waals surface area contributed by atoms with E-state index in [1.54, 1.807) is 23.6 Å². The SMILES string of the molecule is CC[C@H](C)[C@@H]1NC(=O)[C@H](C)NC(=O)[C@H](Cc2ccc(C)cc2)CC(=O)CC[C@H]2CSC(=N2)C[C@@H](C)C[C@H](C)C[C@@H](C(C)(C)C)OC(=O)[C@@H]2CCCN2C1=O. The van der Waals surface area contributed by atoms with Gasteiger partial charge >= 0.3 is 5.97 Å². The van der Waals surface area contributed by atoms with E-state index in [0.29, 0.717) is 63.3 Å². The first kappa shape index (κ1) is 43.5. The monoisotopic (exact) mass is 766 g/mol. The number of hydrogen-bond donors (Lipinski definition) is 2. The molecule has 1 aromatic rings. The number of nitrogens with zero attached hydrogens (tertiary/aromatic N) is 2. The van der Waals surface area contributed by atoms with Crippen LogP contribution in [0.1, 0.15) is 124 Å². The molecule has 2 bridgehead atoms. The number of hydrogen-bond acceptors (Lipinski definition) is 8. The lowest BCUT2D eigenvalue weighted by molar-refractivity contribution is -0.164. The van der Waals surface area contributed by atoms with Gasteiger partial charge in [-0.25, -0.2) is 4.79 Å². The zero-order valence-corrected chi connectivity index (χ0v) is 35.1. The van der Waals surface area contributed by atoms with Crippen LogP contribution in [0.2, 0.25) is 0 Å². The minimum Gasteiger partial charge on any atom is -0.460 e. The van der Waals surface area contributed by atoms with E-state index >= 15 is 0 Å². The average Bonchev–Trinajstić information content (AvgIpc) is 3.78. The number of ketones is 1. The molecule has 3 aliphatic heterocycles. The summed E-state index contributed by atoms with van der Waals surface area (Å²) >= 11 is 1.78. The van der Waals surface area contributed by atoms with Crippen molar-refractivity contribution in [2.24, 2.45) is 34.1 Å². The van der Waals surface area contributed by atoms with Crippen LogP contribution in [0.25, 0.3) is 0 Å². The number of carbonyl (C=O) groups excluding carboxylic acids is 5. The van der Waals surface area contributed by atoms with Gasteiger partial charge < -0.3 is 20.3 Å². The maximum absolute atomic E-state index is 14.2. The van der Waals surface area contributed by atoms with Gasteiger partial charge in [-0.1, -0.05) is 84.7 Å². The molecule has 0 spiro atoms. The molecule has 2 N–H and O–H groups in total. The Hall–Kier alpha value is -3.21. The van der Waals surface area contributed by atoms with Crippen LogP contribution in [0.15, 0.2) is 29.3 Å². The molecule has 4 rings (SSSR count). The highest BCUT2D eigenvalue weighted by Gasteiger charge is 2.42. The number of amides is 3. The molecule has 1 saturated heterocycles. The van der Waals surface area contributed by atoms with Gasteiger partial charge in [-0.05, 0) is 87.5 Å². The van der Waals surface area contributed by atoms with E-state index in [4.69, 9.17) is 9.73 Å². The second-order valence-electron chi connectivity index (χ2n) is 17.6. The second-order valence-corrected chi connectivity index (χ2v) is 18.7. The second kappa shape index (κ2) is 19.6. The number of cyclic esters (lactones) is 1. The van der Waals surface area contributed by atoms with Crippen LogP contribution in [0, 0.1) is 36.0 Å². The van der Waals surface area contributed by atoms with Gasteiger partial charge in [0.2, 0.25) is 17.7 Å². The smallest absolute Gasteiger partial charge is 0.329 e. The van der Waals surface area contributed by atoms with Crippen LogP contribution in [-0.4, -0.2) is 82.0 Å². The molecule has 11 heteroatoms. The topological polar surface area (TPSA) is 134 Å². The van der Waals surface area contributed by atoms with Crippen molar-refractivity contribution in [3.8, 4) is 0 Å². The number of benzene rings is 1. The summed E-state index contributed by atoms with van der Waals surface area (Å²) in [6.45, 7) is 18.6. The highest BCUT2D eigenvalue weighted by Crippen LogP contribution is 2.34. The van der Waals surface area contributed by atoms with Crippen LogP contribution in [0.3, 0.4) is 0 Å². The molecule has 300 valence electrons. The molecule has 0 radical (unpaired) electrons. The minimum absolute atomic E-state index is 0.00787. The number of aryl methyl sites for hydroxylation is 1. The van der Waals surface area contributed by atoms with E-state index in [-0.39, 0.29) is 47.5 Å². The number of rotatable bonds is 4. The summed E-state index contributed by atoms with van der Waals surface area (Å²) in [5, 5.41) is 6.92. The first-order chi connectivity index (χ1) is 25.4. The third-order valence-corrected chi connectivity index (χ3v) is 12.6. The van der Waals surface area contributed by atoms with E-state index in [9.17, 15) is 24.0 Å². The molecule has 0 aliphatic carbocycles. The van der Waals surface area contributed by atoms with Crippen molar-refractivity contribution in [1.29, 1.82) is 0 Å². The lowest BCUT2D eigenvalue weighted by Crippen LogP contribution is -2.57. The Bertz CT molecular complexity index is 1510. The van der Waals surface area contributed by atoms with E-state index in [1.807, 2.05) is 45.0 Å². The minimum atomic E-state index is -0.957. The molecule has 54 heavy (non-hydrogen) atoms. The fraction of sp³-hybridized carbons (Fsp3) is 0.721. The van der Waals surface area contributed by atoms with Crippen LogP contribution in [-0.2, 0) is 35.1 Å². The lowest BCUT2D eigenvalue weighted by atomic mass is 9.81. The lowest BCUT2D eigenvalue weighted by Gasteiger charge is -2.36. The normalized spacial score (nSPS) is 31.0. The van der Waals surface area contributed by atoms with Gasteiger partial charge in [0.1, 0.15) is 30.0 Å². The quantitative estimate of drug-likeness (QED) is 0.321. The van der Waals surface area contributed by atoms with Crippen molar-refractivity contribution >= 4 is 46.3 Å². The summed E-state index contributed by atoms with van der Waals surface area (Å²) in [6.07, 6.45) is 5.41. The number of aliphatic imine (C=N–C) groups is 1. The molecular weight excluding hydrogens is 701 g/mol. The highest BCUT2D eigenvalue weighted by molar-refractivity contribution is 8.14. The van der Waals surface area contributed by atoms with Gasteiger partial charge in [0.25, 0.3) is 0 Å². The maximum atomic E-state index is 14.2. The van der Waals surface area contributed by atoms with Crippen molar-refractivity contribution in [3.63, 3.8) is 0 Å². The standard InChI is InChI=1S/C43H66N4O6S/c1-10-29(5)38-41(51)47-19-11-12-35(47)42(52)53-36(43(7,8)9)21-27(3)20-28(4)22-37-45-33(25-54-37)17-18-34(48)24-32(23-31-15-13-26(2)14-16-31)40(50)44-30(6)39(49)46-38/h13-16,27-30,32-33,35-36,38H,10-12,17-25H2,1-9H3,(H,44,50)(H,46,49)/t27-,28-,29-,30-,32+,33-,35-,36-,38-/m0/s1. The Labute approximate surface area is 328 Å². The fourth-order valence-electron chi connectivity index (χ4n) is 7.84. The van der Waals surface area contributed by atoms with Gasteiger partial charge in [-0.15, -0.1) is 11.8 Å². The molecule has 9 atom stereocenters. The molecule has 3 amide bonds. The molecule has 0 saturated carbocycles. The number of carbonyl (C=O) groups is 5. The Morgan fingerprint density at radius 3 is 2.31 bits per heavy atom. The molecule has 10 nitrogen and oxygen atoms in total. The van der Waals surface area contributed by atoms with Gasteiger partial charge in [0.15, 0.2) is 0 Å². The van der Waals surface area contributed by atoms with E-state index in [1.165, 1.54) is 0 Å². The zero-order chi connectivity index (χ0) is 39.7. The van der Waals surface area contributed by atoms with Gasteiger partial charge in [-0.3, -0.25) is 24.2 Å². The van der Waals surface area contributed by atoms with E-state index in [2.05, 4.69) is 45.3 Å². The molecule has 3 aliphatic rings. The maximum Gasteiger partial charge on any atom is 0.329 e. The van der Waals surface area contributed by atoms with E-state index < -0.39 is 35.9 Å². The highest BCUT2D eigenvalue weighted by atomic mass is 32.2. The molecule has 0 aromatic heterocycles. The summed E-state index contributed by atoms with van der Waals surface area (Å²) in [4.78, 5) is 75.7. The summed E-state index contributed by atoms with van der Waals surface area (Å²) in [5.74, 6) is -0.911. The first-order valence-electron chi connectivity index (χ1n) is 20.3. The molecule has 3 heterocycles. The number of fused-ring (bicyclic) bond motifs is 2. The van der Waals surface area contributed by atoms with Crippen LogP contribution >= 0.6 is 11.8 Å². The zero-order valence-electron chi connectivity index (χ0n) is 34.2. The van der Waals surface area contributed by atoms with Crippen LogP contribution in [0.4, 0.5) is 0 Å².